The average molecular weight is 456 g/mol. The summed E-state index contributed by atoms with van der Waals surface area (Å²) in [6.07, 6.45) is 5.93. The Morgan fingerprint density at radius 1 is 1.06 bits per heavy atom. The summed E-state index contributed by atoms with van der Waals surface area (Å²) in [5.41, 5.74) is 2.05. The summed E-state index contributed by atoms with van der Waals surface area (Å²) in [7, 11) is 4.68. The van der Waals surface area contributed by atoms with Crippen molar-refractivity contribution in [2.45, 2.75) is 58.3 Å². The van der Waals surface area contributed by atoms with E-state index >= 15 is 0 Å². The quantitative estimate of drug-likeness (QED) is 0.560. The first kappa shape index (κ1) is 24.5. The second kappa shape index (κ2) is 11.1. The fraction of sp³-hybridized carbons (Fsp3) is 0.520. The van der Waals surface area contributed by atoms with E-state index in [2.05, 4.69) is 29.1 Å². The molecule has 1 amide bonds. The molecule has 1 N–H and O–H groups in total. The highest BCUT2D eigenvalue weighted by molar-refractivity contribution is 5.99. The van der Waals surface area contributed by atoms with Crippen molar-refractivity contribution in [3.8, 4) is 17.2 Å². The van der Waals surface area contributed by atoms with Crippen molar-refractivity contribution in [3.05, 3.63) is 35.2 Å². The minimum absolute atomic E-state index is 0.0253. The number of carbonyl (C=O) groups excluding carboxylic acids is 2. The van der Waals surface area contributed by atoms with Crippen molar-refractivity contribution in [2.75, 3.05) is 26.6 Å². The minimum Gasteiger partial charge on any atom is -0.493 e. The summed E-state index contributed by atoms with van der Waals surface area (Å²) < 4.78 is 16.3. The molecule has 0 fully saturated rings. The van der Waals surface area contributed by atoms with Crippen LogP contribution in [0.3, 0.4) is 0 Å². The summed E-state index contributed by atoms with van der Waals surface area (Å²) in [5.74, 6) is 1.57. The molecule has 8 nitrogen and oxygen atoms in total. The first-order chi connectivity index (χ1) is 15.9. The molecule has 0 saturated carbocycles. The van der Waals surface area contributed by atoms with Crippen molar-refractivity contribution in [2.24, 2.45) is 5.92 Å². The molecule has 1 heterocycles. The molecule has 178 valence electrons. The monoisotopic (exact) mass is 455 g/mol. The Balaban J connectivity index is 1.87. The number of nitrogens with one attached hydrogen (secondary N) is 1. The fourth-order valence-electron chi connectivity index (χ4n) is 4.39. The molecule has 1 atom stereocenters. The topological polar surface area (TPSA) is 99.6 Å². The Hall–Kier alpha value is -3.16. The number of ketones is 1. The molecule has 0 aliphatic heterocycles. The van der Waals surface area contributed by atoms with E-state index in [1.165, 1.54) is 6.20 Å². The lowest BCUT2D eigenvalue weighted by Gasteiger charge is -2.25. The number of aromatic nitrogens is 2. The Morgan fingerprint density at radius 3 is 2.24 bits per heavy atom. The first-order valence-electron chi connectivity index (χ1n) is 11.4. The van der Waals surface area contributed by atoms with Crippen molar-refractivity contribution in [1.82, 2.24) is 9.97 Å². The highest BCUT2D eigenvalue weighted by Crippen LogP contribution is 2.42. The zero-order valence-corrected chi connectivity index (χ0v) is 20.1. The van der Waals surface area contributed by atoms with E-state index in [0.29, 0.717) is 41.3 Å². The van der Waals surface area contributed by atoms with Gasteiger partial charge in [-0.1, -0.05) is 26.7 Å². The molecule has 2 aromatic rings. The normalized spacial score (nSPS) is 15.2. The van der Waals surface area contributed by atoms with Crippen molar-refractivity contribution in [3.63, 3.8) is 0 Å². The van der Waals surface area contributed by atoms with Crippen LogP contribution < -0.4 is 19.5 Å². The standard InChI is InChI=1S/C25H33N3O5/c1-6-8-15(9-7-2)24(30)28-25-26-14-18-19(27-25)10-16(11-20(18)29)17-12-21(31-3)23(33-5)22(13-17)32-4/h12-16H,6-11H2,1-5H3,(H,26,27,28,30)/t16-/m0/s1. The molecular weight excluding hydrogens is 422 g/mol. The lowest BCUT2D eigenvalue weighted by molar-refractivity contribution is -0.120. The third-order valence-corrected chi connectivity index (χ3v) is 6.08. The average Bonchev–Trinajstić information content (AvgIpc) is 2.82. The molecule has 0 radical (unpaired) electrons. The van der Waals surface area contributed by atoms with Gasteiger partial charge in [0, 0.05) is 18.5 Å². The summed E-state index contributed by atoms with van der Waals surface area (Å²) >= 11 is 0. The maximum atomic E-state index is 12.9. The number of nitrogens with zero attached hydrogens (tertiary/aromatic N) is 2. The van der Waals surface area contributed by atoms with Crippen LogP contribution in [0.2, 0.25) is 0 Å². The fourth-order valence-corrected chi connectivity index (χ4v) is 4.39. The number of carbonyl (C=O) groups is 2. The van der Waals surface area contributed by atoms with Crippen LogP contribution in [0.5, 0.6) is 17.2 Å². The van der Waals surface area contributed by atoms with Crippen molar-refractivity contribution in [1.29, 1.82) is 0 Å². The number of ether oxygens (including phenoxy) is 3. The molecule has 0 saturated heterocycles. The summed E-state index contributed by atoms with van der Waals surface area (Å²) in [6, 6.07) is 3.74. The molecule has 1 aliphatic carbocycles. The van der Waals surface area contributed by atoms with Gasteiger partial charge in [-0.25, -0.2) is 9.97 Å². The molecule has 0 spiro atoms. The molecule has 1 aliphatic rings. The Kier molecular flexibility index (Phi) is 8.25. The van der Waals surface area contributed by atoms with Gasteiger partial charge in [0.1, 0.15) is 0 Å². The van der Waals surface area contributed by atoms with Crippen LogP contribution >= 0.6 is 0 Å². The van der Waals surface area contributed by atoms with E-state index in [0.717, 1.165) is 31.2 Å². The SMILES string of the molecule is CCCC(CCC)C(=O)Nc1ncc2c(n1)C[C@H](c1cc(OC)c(OC)c(OC)c1)CC2=O. The van der Waals surface area contributed by atoms with Crippen molar-refractivity contribution < 1.29 is 23.8 Å². The highest BCUT2D eigenvalue weighted by Gasteiger charge is 2.30. The van der Waals surface area contributed by atoms with E-state index in [1.54, 1.807) is 21.3 Å². The van der Waals surface area contributed by atoms with Gasteiger partial charge in [-0.05, 0) is 42.9 Å². The Morgan fingerprint density at radius 2 is 1.70 bits per heavy atom. The van der Waals surface area contributed by atoms with E-state index in [4.69, 9.17) is 14.2 Å². The second-order valence-electron chi connectivity index (χ2n) is 8.30. The number of anilines is 1. The molecule has 0 bridgehead atoms. The molecule has 3 rings (SSSR count). The van der Waals surface area contributed by atoms with Gasteiger partial charge in [-0.15, -0.1) is 0 Å². The van der Waals surface area contributed by atoms with E-state index in [1.807, 2.05) is 12.1 Å². The van der Waals surface area contributed by atoms with Crippen LogP contribution in [0, 0.1) is 5.92 Å². The Labute approximate surface area is 195 Å². The number of amides is 1. The number of Topliss-reactive ketones (excluding diaryl/α,β-unsaturated/α-hetero) is 1. The van der Waals surface area contributed by atoms with Crippen molar-refractivity contribution >= 4 is 17.6 Å². The van der Waals surface area contributed by atoms with Crippen LogP contribution in [-0.4, -0.2) is 43.0 Å². The zero-order chi connectivity index (χ0) is 24.0. The molecule has 1 aromatic carbocycles. The summed E-state index contributed by atoms with van der Waals surface area (Å²) in [4.78, 5) is 34.4. The number of hydrogen-bond acceptors (Lipinski definition) is 7. The van der Waals surface area contributed by atoms with Crippen LogP contribution in [0.15, 0.2) is 18.3 Å². The lowest BCUT2D eigenvalue weighted by atomic mass is 9.82. The van der Waals surface area contributed by atoms with Gasteiger partial charge in [0.15, 0.2) is 17.3 Å². The molecule has 8 heteroatoms. The highest BCUT2D eigenvalue weighted by atomic mass is 16.5. The molecule has 0 unspecified atom stereocenters. The number of methoxy groups -OCH3 is 3. The molecule has 1 aromatic heterocycles. The maximum Gasteiger partial charge on any atom is 0.229 e. The minimum atomic E-state index is -0.106. The number of hydrogen-bond donors (Lipinski definition) is 1. The summed E-state index contributed by atoms with van der Waals surface area (Å²) in [5, 5.41) is 2.85. The smallest absolute Gasteiger partial charge is 0.229 e. The van der Waals surface area contributed by atoms with Gasteiger partial charge in [0.25, 0.3) is 0 Å². The maximum absolute atomic E-state index is 12.9. The molecule has 33 heavy (non-hydrogen) atoms. The third kappa shape index (κ3) is 5.43. The number of fused-ring (bicyclic) bond motifs is 1. The van der Waals surface area contributed by atoms with Crippen LogP contribution in [0.4, 0.5) is 5.95 Å². The lowest BCUT2D eigenvalue weighted by Crippen LogP contribution is -2.26. The van der Waals surface area contributed by atoms with E-state index in [-0.39, 0.29) is 29.5 Å². The Bertz CT molecular complexity index is 977. The van der Waals surface area contributed by atoms with Gasteiger partial charge in [-0.2, -0.15) is 0 Å². The van der Waals surface area contributed by atoms with Crippen LogP contribution in [0.1, 0.15) is 73.5 Å². The number of benzene rings is 1. The largest absolute Gasteiger partial charge is 0.493 e. The van der Waals surface area contributed by atoms with Crippen LogP contribution in [-0.2, 0) is 11.2 Å². The summed E-state index contributed by atoms with van der Waals surface area (Å²) in [6.45, 7) is 4.14. The van der Waals surface area contributed by atoms with Gasteiger partial charge < -0.3 is 14.2 Å². The van der Waals surface area contributed by atoms with E-state index in [9.17, 15) is 9.59 Å². The van der Waals surface area contributed by atoms with Gasteiger partial charge in [-0.3, -0.25) is 14.9 Å². The van der Waals surface area contributed by atoms with Gasteiger partial charge in [0.2, 0.25) is 17.6 Å². The van der Waals surface area contributed by atoms with E-state index < -0.39 is 0 Å². The first-order valence-corrected chi connectivity index (χ1v) is 11.4. The van der Waals surface area contributed by atoms with Gasteiger partial charge in [0.05, 0.1) is 32.6 Å². The predicted molar refractivity (Wildman–Crippen MR) is 125 cm³/mol. The predicted octanol–water partition coefficient (Wildman–Crippen LogP) is 4.57. The number of rotatable bonds is 10. The van der Waals surface area contributed by atoms with Gasteiger partial charge >= 0.3 is 0 Å². The third-order valence-electron chi connectivity index (χ3n) is 6.08. The second-order valence-corrected chi connectivity index (χ2v) is 8.30. The zero-order valence-electron chi connectivity index (χ0n) is 20.1. The molecular formula is C25H33N3O5. The van der Waals surface area contributed by atoms with Crippen LogP contribution in [0.25, 0.3) is 0 Å².